The molecule has 0 aliphatic heterocycles. The molecule has 2 aromatic carbocycles. The Morgan fingerprint density at radius 1 is 1.09 bits per heavy atom. The highest BCUT2D eigenvalue weighted by molar-refractivity contribution is 9.10. The molecule has 0 atom stereocenters. The van der Waals surface area contributed by atoms with E-state index in [4.69, 9.17) is 10.5 Å². The van der Waals surface area contributed by atoms with Crippen LogP contribution in [0.15, 0.2) is 40.9 Å². The third-order valence-electron chi connectivity index (χ3n) is 4.13. The molecule has 0 spiro atoms. The Kier molecular flexibility index (Phi) is 4.52. The fourth-order valence-corrected chi connectivity index (χ4v) is 3.41. The van der Waals surface area contributed by atoms with Gasteiger partial charge in [0, 0.05) is 16.2 Å². The predicted molar refractivity (Wildman–Crippen MR) is 92.0 cm³/mol. The predicted octanol–water partition coefficient (Wildman–Crippen LogP) is 4.42. The van der Waals surface area contributed by atoms with Crippen LogP contribution in [0.5, 0.6) is 0 Å². The SMILES string of the molecule is NC(=O)OC1CCC(Nc2ccc3cc(Br)ccc3c2)CC1. The third-order valence-corrected chi connectivity index (χ3v) is 4.62. The molecule has 3 rings (SSSR count). The zero-order valence-electron chi connectivity index (χ0n) is 12.2. The van der Waals surface area contributed by atoms with E-state index in [-0.39, 0.29) is 6.10 Å². The van der Waals surface area contributed by atoms with Gasteiger partial charge >= 0.3 is 6.09 Å². The molecule has 0 saturated heterocycles. The number of hydrogen-bond acceptors (Lipinski definition) is 3. The lowest BCUT2D eigenvalue weighted by molar-refractivity contribution is 0.0806. The Morgan fingerprint density at radius 3 is 2.50 bits per heavy atom. The summed E-state index contributed by atoms with van der Waals surface area (Å²) in [4.78, 5) is 10.8. The highest BCUT2D eigenvalue weighted by atomic mass is 79.9. The second-order valence-corrected chi connectivity index (χ2v) is 6.68. The fourth-order valence-electron chi connectivity index (χ4n) is 3.03. The van der Waals surface area contributed by atoms with E-state index in [9.17, 15) is 4.79 Å². The van der Waals surface area contributed by atoms with Crippen molar-refractivity contribution in [2.45, 2.75) is 37.8 Å². The van der Waals surface area contributed by atoms with Crippen LogP contribution in [0.1, 0.15) is 25.7 Å². The smallest absolute Gasteiger partial charge is 0.404 e. The van der Waals surface area contributed by atoms with Crippen LogP contribution in [-0.4, -0.2) is 18.2 Å². The van der Waals surface area contributed by atoms with Gasteiger partial charge in [0.05, 0.1) is 0 Å². The zero-order chi connectivity index (χ0) is 15.5. The lowest BCUT2D eigenvalue weighted by atomic mass is 9.92. The summed E-state index contributed by atoms with van der Waals surface area (Å²) >= 11 is 3.49. The first-order valence-electron chi connectivity index (χ1n) is 7.52. The number of carbonyl (C=O) groups is 1. The van der Waals surface area contributed by atoms with Crippen LogP contribution in [0.25, 0.3) is 10.8 Å². The van der Waals surface area contributed by atoms with Crippen LogP contribution >= 0.6 is 15.9 Å². The maximum absolute atomic E-state index is 10.8. The van der Waals surface area contributed by atoms with Crippen molar-refractivity contribution in [3.63, 3.8) is 0 Å². The Labute approximate surface area is 138 Å². The monoisotopic (exact) mass is 362 g/mol. The van der Waals surface area contributed by atoms with Gasteiger partial charge in [-0.2, -0.15) is 0 Å². The lowest BCUT2D eigenvalue weighted by Crippen LogP contribution is -2.32. The largest absolute Gasteiger partial charge is 0.446 e. The summed E-state index contributed by atoms with van der Waals surface area (Å²) in [5.41, 5.74) is 6.20. The van der Waals surface area contributed by atoms with Gasteiger partial charge in [0.25, 0.3) is 0 Å². The van der Waals surface area contributed by atoms with Gasteiger partial charge in [0.15, 0.2) is 0 Å². The summed E-state index contributed by atoms with van der Waals surface area (Å²) in [5.74, 6) is 0. The number of hydrogen-bond donors (Lipinski definition) is 2. The number of carbonyl (C=O) groups excluding carboxylic acids is 1. The molecule has 0 unspecified atom stereocenters. The van der Waals surface area contributed by atoms with Gasteiger partial charge in [0.2, 0.25) is 0 Å². The van der Waals surface area contributed by atoms with Gasteiger partial charge in [-0.1, -0.05) is 28.1 Å². The van der Waals surface area contributed by atoms with Crippen molar-refractivity contribution in [2.75, 3.05) is 5.32 Å². The Balaban J connectivity index is 1.62. The number of fused-ring (bicyclic) bond motifs is 1. The normalized spacial score (nSPS) is 21.5. The van der Waals surface area contributed by atoms with Crippen molar-refractivity contribution < 1.29 is 9.53 Å². The molecule has 1 fully saturated rings. The van der Waals surface area contributed by atoms with E-state index in [1.54, 1.807) is 0 Å². The van der Waals surface area contributed by atoms with E-state index in [2.05, 4.69) is 57.6 Å². The molecule has 1 aliphatic rings. The summed E-state index contributed by atoms with van der Waals surface area (Å²) in [7, 11) is 0. The lowest BCUT2D eigenvalue weighted by Gasteiger charge is -2.29. The van der Waals surface area contributed by atoms with Crippen LogP contribution in [-0.2, 0) is 4.74 Å². The first kappa shape index (κ1) is 15.2. The molecule has 1 amide bonds. The van der Waals surface area contributed by atoms with Crippen LogP contribution in [0, 0.1) is 0 Å². The maximum atomic E-state index is 10.8. The number of nitrogens with two attached hydrogens (primary N) is 1. The van der Waals surface area contributed by atoms with Gasteiger partial charge in [0.1, 0.15) is 6.10 Å². The number of anilines is 1. The van der Waals surface area contributed by atoms with Gasteiger partial charge in [-0.15, -0.1) is 0 Å². The van der Waals surface area contributed by atoms with E-state index >= 15 is 0 Å². The summed E-state index contributed by atoms with van der Waals surface area (Å²) in [6, 6.07) is 13.1. The quantitative estimate of drug-likeness (QED) is 0.849. The van der Waals surface area contributed by atoms with Gasteiger partial charge < -0.3 is 15.8 Å². The molecule has 0 aromatic heterocycles. The molecule has 0 radical (unpaired) electrons. The average molecular weight is 363 g/mol. The first-order chi connectivity index (χ1) is 10.6. The van der Waals surface area contributed by atoms with Crippen molar-refractivity contribution in [3.8, 4) is 0 Å². The van der Waals surface area contributed by atoms with Crippen molar-refractivity contribution in [1.82, 2.24) is 0 Å². The summed E-state index contributed by atoms with van der Waals surface area (Å²) in [6.07, 6.45) is 3.00. The van der Waals surface area contributed by atoms with E-state index in [1.807, 2.05) is 0 Å². The second kappa shape index (κ2) is 6.57. The molecule has 116 valence electrons. The molecule has 5 heteroatoms. The minimum atomic E-state index is -0.669. The zero-order valence-corrected chi connectivity index (χ0v) is 13.8. The molecule has 22 heavy (non-hydrogen) atoms. The molecule has 0 heterocycles. The minimum Gasteiger partial charge on any atom is -0.446 e. The summed E-state index contributed by atoms with van der Waals surface area (Å²) in [6.45, 7) is 0. The maximum Gasteiger partial charge on any atom is 0.404 e. The van der Waals surface area contributed by atoms with E-state index < -0.39 is 6.09 Å². The first-order valence-corrected chi connectivity index (χ1v) is 8.31. The molecule has 3 N–H and O–H groups in total. The van der Waals surface area contributed by atoms with Crippen LogP contribution < -0.4 is 11.1 Å². The molecule has 1 aliphatic carbocycles. The molecule has 1 saturated carbocycles. The van der Waals surface area contributed by atoms with Crippen molar-refractivity contribution in [2.24, 2.45) is 5.73 Å². The number of primary amides is 1. The highest BCUT2D eigenvalue weighted by Crippen LogP contribution is 2.27. The van der Waals surface area contributed by atoms with Crippen LogP contribution in [0.3, 0.4) is 0 Å². The average Bonchev–Trinajstić information content (AvgIpc) is 2.49. The molecular weight excluding hydrogens is 344 g/mol. The van der Waals surface area contributed by atoms with E-state index in [0.29, 0.717) is 6.04 Å². The Morgan fingerprint density at radius 2 is 1.77 bits per heavy atom. The van der Waals surface area contributed by atoms with E-state index in [0.717, 1.165) is 35.8 Å². The number of nitrogens with one attached hydrogen (secondary N) is 1. The van der Waals surface area contributed by atoms with Crippen molar-refractivity contribution >= 4 is 38.5 Å². The molecule has 0 bridgehead atoms. The standard InChI is InChI=1S/C17H19BrN2O2/c18-13-3-1-12-10-15(4-2-11(12)9-13)20-14-5-7-16(8-6-14)22-17(19)21/h1-4,9-10,14,16,20H,5-8H2,(H2,19,21). The molecule has 4 nitrogen and oxygen atoms in total. The molecule has 2 aromatic rings. The third kappa shape index (κ3) is 3.71. The number of amides is 1. The topological polar surface area (TPSA) is 64.4 Å². The second-order valence-electron chi connectivity index (χ2n) is 5.76. The minimum absolute atomic E-state index is 0.0236. The number of rotatable bonds is 3. The van der Waals surface area contributed by atoms with Crippen molar-refractivity contribution in [3.05, 3.63) is 40.9 Å². The van der Waals surface area contributed by atoms with E-state index in [1.165, 1.54) is 10.8 Å². The Bertz CT molecular complexity index is 681. The van der Waals surface area contributed by atoms with Gasteiger partial charge in [-0.05, 0) is 60.7 Å². The van der Waals surface area contributed by atoms with Crippen LogP contribution in [0.2, 0.25) is 0 Å². The number of ether oxygens (including phenoxy) is 1. The summed E-state index contributed by atoms with van der Waals surface area (Å²) in [5, 5.41) is 6.02. The summed E-state index contributed by atoms with van der Waals surface area (Å²) < 4.78 is 6.16. The van der Waals surface area contributed by atoms with Crippen molar-refractivity contribution in [1.29, 1.82) is 0 Å². The number of halogens is 1. The van der Waals surface area contributed by atoms with Gasteiger partial charge in [-0.3, -0.25) is 0 Å². The Hall–Kier alpha value is -1.75. The number of benzene rings is 2. The molecular formula is C17H19BrN2O2. The highest BCUT2D eigenvalue weighted by Gasteiger charge is 2.23. The van der Waals surface area contributed by atoms with Gasteiger partial charge in [-0.25, -0.2) is 4.79 Å². The van der Waals surface area contributed by atoms with Crippen LogP contribution in [0.4, 0.5) is 10.5 Å². The fraction of sp³-hybridized carbons (Fsp3) is 0.353.